The summed E-state index contributed by atoms with van der Waals surface area (Å²) in [6, 6.07) is 9.58. The molecule has 2 heterocycles. The number of likely N-dealkylation sites (tertiary alicyclic amines) is 1. The van der Waals surface area contributed by atoms with Crippen molar-refractivity contribution in [2.45, 2.75) is 19.8 Å². The van der Waals surface area contributed by atoms with Gasteiger partial charge in [0, 0.05) is 31.4 Å². The summed E-state index contributed by atoms with van der Waals surface area (Å²) in [5.41, 5.74) is 0.920. The van der Waals surface area contributed by atoms with Crippen molar-refractivity contribution in [1.29, 1.82) is 0 Å². The lowest BCUT2D eigenvalue weighted by molar-refractivity contribution is -0.151. The van der Waals surface area contributed by atoms with Crippen LogP contribution in [0.1, 0.15) is 40.7 Å². The third kappa shape index (κ3) is 5.75. The molecule has 9 nitrogen and oxygen atoms in total. The summed E-state index contributed by atoms with van der Waals surface area (Å²) < 4.78 is 10.1. The van der Waals surface area contributed by atoms with Gasteiger partial charge in [0.1, 0.15) is 0 Å². The van der Waals surface area contributed by atoms with Gasteiger partial charge < -0.3 is 24.3 Å². The number of benzene rings is 1. The molecule has 3 rings (SSSR count). The quantitative estimate of drug-likeness (QED) is 0.661. The summed E-state index contributed by atoms with van der Waals surface area (Å²) in [6.45, 7) is 3.00. The van der Waals surface area contributed by atoms with Gasteiger partial charge in [-0.1, -0.05) is 0 Å². The number of rotatable bonds is 7. The van der Waals surface area contributed by atoms with Crippen LogP contribution in [0.25, 0.3) is 0 Å². The second kappa shape index (κ2) is 10.6. The Morgan fingerprint density at radius 3 is 2.41 bits per heavy atom. The summed E-state index contributed by atoms with van der Waals surface area (Å²) in [5, 5.41) is 2.68. The molecule has 2 aromatic rings. The highest BCUT2D eigenvalue weighted by Crippen LogP contribution is 2.19. The van der Waals surface area contributed by atoms with Gasteiger partial charge in [-0.15, -0.1) is 0 Å². The van der Waals surface area contributed by atoms with E-state index >= 15 is 0 Å². The fourth-order valence-electron chi connectivity index (χ4n) is 3.52. The summed E-state index contributed by atoms with van der Waals surface area (Å²) >= 11 is 0. The van der Waals surface area contributed by atoms with Crippen molar-refractivity contribution in [3.05, 3.63) is 54.0 Å². The number of anilines is 1. The van der Waals surface area contributed by atoms with Crippen molar-refractivity contribution in [3.8, 4) is 0 Å². The van der Waals surface area contributed by atoms with Crippen LogP contribution in [-0.4, -0.2) is 66.8 Å². The molecule has 1 aromatic carbocycles. The van der Waals surface area contributed by atoms with E-state index in [1.54, 1.807) is 55.3 Å². The maximum atomic E-state index is 12.7. The van der Waals surface area contributed by atoms with Crippen LogP contribution in [0.15, 0.2) is 47.1 Å². The number of carbonyl (C=O) groups is 4. The van der Waals surface area contributed by atoms with Gasteiger partial charge in [-0.25, -0.2) is 0 Å². The summed E-state index contributed by atoms with van der Waals surface area (Å²) in [4.78, 5) is 52.2. The summed E-state index contributed by atoms with van der Waals surface area (Å²) in [7, 11) is 1.57. The molecule has 0 bridgehead atoms. The lowest BCUT2D eigenvalue weighted by Crippen LogP contribution is -2.45. The average molecular weight is 441 g/mol. The highest BCUT2D eigenvalue weighted by Gasteiger charge is 2.29. The molecule has 0 radical (unpaired) electrons. The second-order valence-corrected chi connectivity index (χ2v) is 7.58. The number of hydrogen-bond donors (Lipinski definition) is 1. The van der Waals surface area contributed by atoms with Crippen LogP contribution in [0.2, 0.25) is 0 Å². The molecule has 9 heteroatoms. The standard InChI is InChI=1S/C23H27N3O6/c1-3-31-23(30)17-10-12-26(13-11-17)20(27)15-25(2)22(29)16-6-8-18(9-7-16)24-21(28)19-5-4-14-32-19/h4-9,14,17H,3,10-13,15H2,1-2H3,(H,24,28). The number of ether oxygens (including phenoxy) is 1. The van der Waals surface area contributed by atoms with Crippen molar-refractivity contribution in [2.75, 3.05) is 38.6 Å². The van der Waals surface area contributed by atoms with Gasteiger partial charge in [0.05, 0.1) is 25.3 Å². The molecule has 1 aromatic heterocycles. The first-order valence-electron chi connectivity index (χ1n) is 10.5. The first-order chi connectivity index (χ1) is 15.4. The molecule has 1 aliphatic heterocycles. The van der Waals surface area contributed by atoms with Crippen LogP contribution in [-0.2, 0) is 14.3 Å². The maximum Gasteiger partial charge on any atom is 0.309 e. The van der Waals surface area contributed by atoms with Crippen molar-refractivity contribution in [3.63, 3.8) is 0 Å². The molecule has 0 aliphatic carbocycles. The SMILES string of the molecule is CCOC(=O)C1CCN(C(=O)CN(C)C(=O)c2ccc(NC(=O)c3ccco3)cc2)CC1. The number of esters is 1. The highest BCUT2D eigenvalue weighted by atomic mass is 16.5. The van der Waals surface area contributed by atoms with Gasteiger partial charge in [0.15, 0.2) is 5.76 Å². The van der Waals surface area contributed by atoms with E-state index in [1.165, 1.54) is 11.2 Å². The fraction of sp³-hybridized carbons (Fsp3) is 0.391. The van der Waals surface area contributed by atoms with E-state index < -0.39 is 0 Å². The molecule has 1 N–H and O–H groups in total. The van der Waals surface area contributed by atoms with E-state index in [2.05, 4.69) is 5.32 Å². The highest BCUT2D eigenvalue weighted by molar-refractivity contribution is 6.02. The molecule has 1 fully saturated rings. The fourth-order valence-corrected chi connectivity index (χ4v) is 3.52. The van der Waals surface area contributed by atoms with Crippen LogP contribution >= 0.6 is 0 Å². The zero-order valence-corrected chi connectivity index (χ0v) is 18.2. The molecule has 0 saturated carbocycles. The lowest BCUT2D eigenvalue weighted by Gasteiger charge is -2.32. The number of furan rings is 1. The molecule has 1 saturated heterocycles. The van der Waals surface area contributed by atoms with E-state index in [-0.39, 0.29) is 41.9 Å². The normalized spacial score (nSPS) is 14.0. The van der Waals surface area contributed by atoms with Gasteiger partial charge in [-0.2, -0.15) is 0 Å². The van der Waals surface area contributed by atoms with Crippen molar-refractivity contribution < 1.29 is 28.3 Å². The Hall–Kier alpha value is -3.62. The zero-order chi connectivity index (χ0) is 23.1. The summed E-state index contributed by atoms with van der Waals surface area (Å²) in [5.74, 6) is -1.05. The Bertz CT molecular complexity index is 947. The van der Waals surface area contributed by atoms with Gasteiger partial charge in [0.2, 0.25) is 5.91 Å². The third-order valence-corrected chi connectivity index (χ3v) is 5.32. The van der Waals surface area contributed by atoms with Gasteiger partial charge in [0.25, 0.3) is 11.8 Å². The van der Waals surface area contributed by atoms with Crippen molar-refractivity contribution >= 4 is 29.4 Å². The first kappa shape index (κ1) is 23.1. The van der Waals surface area contributed by atoms with Crippen LogP contribution in [0.4, 0.5) is 5.69 Å². The molecular weight excluding hydrogens is 414 g/mol. The molecule has 0 spiro atoms. The molecule has 0 atom stereocenters. The Morgan fingerprint density at radius 1 is 1.12 bits per heavy atom. The number of piperidine rings is 1. The van der Waals surface area contributed by atoms with E-state index in [0.717, 1.165) is 0 Å². The van der Waals surface area contributed by atoms with Crippen LogP contribution < -0.4 is 5.32 Å². The lowest BCUT2D eigenvalue weighted by atomic mass is 9.97. The van der Waals surface area contributed by atoms with Crippen LogP contribution in [0.3, 0.4) is 0 Å². The molecule has 0 unspecified atom stereocenters. The number of likely N-dealkylation sites (N-methyl/N-ethyl adjacent to an activating group) is 1. The maximum absolute atomic E-state index is 12.7. The monoisotopic (exact) mass is 441 g/mol. The molecule has 170 valence electrons. The van der Waals surface area contributed by atoms with Gasteiger partial charge >= 0.3 is 5.97 Å². The number of nitrogens with zero attached hydrogens (tertiary/aromatic N) is 2. The molecule has 32 heavy (non-hydrogen) atoms. The minimum absolute atomic E-state index is 0.0557. The smallest absolute Gasteiger partial charge is 0.309 e. The van der Waals surface area contributed by atoms with Crippen molar-refractivity contribution in [2.24, 2.45) is 5.92 Å². The zero-order valence-electron chi connectivity index (χ0n) is 18.2. The third-order valence-electron chi connectivity index (χ3n) is 5.32. The molecule has 3 amide bonds. The van der Waals surface area contributed by atoms with Gasteiger partial charge in [-0.05, 0) is 56.2 Å². The number of hydrogen-bond acceptors (Lipinski definition) is 6. The number of carbonyl (C=O) groups excluding carboxylic acids is 4. The minimum atomic E-state index is -0.386. The Labute approximate surface area is 186 Å². The van der Waals surface area contributed by atoms with Crippen molar-refractivity contribution in [1.82, 2.24) is 9.80 Å². The summed E-state index contributed by atoms with van der Waals surface area (Å²) in [6.07, 6.45) is 2.54. The average Bonchev–Trinajstić information content (AvgIpc) is 3.34. The number of nitrogens with one attached hydrogen (secondary N) is 1. The van der Waals surface area contributed by atoms with Gasteiger partial charge in [-0.3, -0.25) is 19.2 Å². The van der Waals surface area contributed by atoms with Crippen LogP contribution in [0, 0.1) is 5.92 Å². The molecule has 1 aliphatic rings. The predicted molar refractivity (Wildman–Crippen MR) is 116 cm³/mol. The van der Waals surface area contributed by atoms with Crippen LogP contribution in [0.5, 0.6) is 0 Å². The predicted octanol–water partition coefficient (Wildman–Crippen LogP) is 2.41. The second-order valence-electron chi connectivity index (χ2n) is 7.58. The number of amides is 3. The largest absolute Gasteiger partial charge is 0.466 e. The molecular formula is C23H27N3O6. The van der Waals surface area contributed by atoms with E-state index in [1.807, 2.05) is 0 Å². The van der Waals surface area contributed by atoms with E-state index in [9.17, 15) is 19.2 Å². The minimum Gasteiger partial charge on any atom is -0.466 e. The topological polar surface area (TPSA) is 109 Å². The van der Waals surface area contributed by atoms with E-state index in [4.69, 9.17) is 9.15 Å². The Morgan fingerprint density at radius 2 is 1.81 bits per heavy atom. The van der Waals surface area contributed by atoms with E-state index in [0.29, 0.717) is 43.8 Å². The Kier molecular flexibility index (Phi) is 7.64. The Balaban J connectivity index is 1.49. The first-order valence-corrected chi connectivity index (χ1v) is 10.5.